The van der Waals surface area contributed by atoms with Crippen LogP contribution in [-0.2, 0) is 4.79 Å². The second kappa shape index (κ2) is 11.2. The Morgan fingerprint density at radius 1 is 1.22 bits per heavy atom. The van der Waals surface area contributed by atoms with Crippen LogP contribution in [0.4, 0.5) is 4.39 Å². The topological polar surface area (TPSA) is 112 Å². The summed E-state index contributed by atoms with van der Waals surface area (Å²) in [5, 5.41) is 2.16. The predicted octanol–water partition coefficient (Wildman–Crippen LogP) is 3.67. The maximum Gasteiger partial charge on any atom is 0.269 e. The highest BCUT2D eigenvalue weighted by atomic mass is 19.1. The summed E-state index contributed by atoms with van der Waals surface area (Å²) < 4.78 is 16.0. The number of nitrogens with one attached hydrogen (secondary N) is 1. The summed E-state index contributed by atoms with van der Waals surface area (Å²) >= 11 is 0. The minimum Gasteiger partial charge on any atom is -0.403 e. The van der Waals surface area contributed by atoms with Crippen LogP contribution in [0, 0.1) is 5.82 Å². The lowest BCUT2D eigenvalue weighted by atomic mass is 9.81. The van der Waals surface area contributed by atoms with Crippen molar-refractivity contribution in [3.05, 3.63) is 53.2 Å². The standard InChI is InChI=1S/C27H37FN6O2/c1-32(2)27(36)23-16-22-20(18-7-4-3-5-8-18)15-21(25(28)26(22)31-23)19-9-6-12-33(17-19)24(35)10-13-34(30)14-11-29/h9,11,14-16,18,31H,3-8,10,12-13,17,29-30H2,1-2H3/b14-11-. The SMILES string of the molecule is CN(C)C(=O)c1cc2c(C3CCCCC3)cc(C3=CCCN(C(=O)CCN(N)/C=C\N)C3)c(F)c2[nH]1. The Balaban J connectivity index is 1.67. The summed E-state index contributed by atoms with van der Waals surface area (Å²) in [7, 11) is 3.37. The quantitative estimate of drug-likeness (QED) is 0.400. The fraction of sp³-hybridized carbons (Fsp3) is 0.481. The summed E-state index contributed by atoms with van der Waals surface area (Å²) in [6, 6.07) is 3.77. The fourth-order valence-corrected chi connectivity index (χ4v) is 5.35. The number of aromatic amines is 1. The molecule has 1 aromatic carbocycles. The van der Waals surface area contributed by atoms with E-state index in [1.807, 2.05) is 12.1 Å². The molecule has 4 rings (SSSR count). The molecule has 2 amide bonds. The normalized spacial score (nSPS) is 17.0. The summed E-state index contributed by atoms with van der Waals surface area (Å²) in [5.41, 5.74) is 8.50. The van der Waals surface area contributed by atoms with E-state index in [1.165, 1.54) is 28.7 Å². The van der Waals surface area contributed by atoms with Crippen LogP contribution in [0.25, 0.3) is 16.5 Å². The third-order valence-electron chi connectivity index (χ3n) is 7.28. The van der Waals surface area contributed by atoms with Crippen molar-refractivity contribution < 1.29 is 14.0 Å². The first-order chi connectivity index (χ1) is 17.3. The average molecular weight is 497 g/mol. The van der Waals surface area contributed by atoms with E-state index in [9.17, 15) is 9.59 Å². The predicted molar refractivity (Wildman–Crippen MR) is 140 cm³/mol. The molecular formula is C27H37FN6O2. The van der Waals surface area contributed by atoms with E-state index in [1.54, 1.807) is 25.1 Å². The molecule has 0 bridgehead atoms. The Morgan fingerprint density at radius 3 is 2.67 bits per heavy atom. The molecule has 1 aliphatic carbocycles. The van der Waals surface area contributed by atoms with Crippen molar-refractivity contribution in [2.45, 2.75) is 50.9 Å². The molecule has 2 heterocycles. The van der Waals surface area contributed by atoms with E-state index in [2.05, 4.69) is 4.98 Å². The number of hydrazine groups is 1. The highest BCUT2D eigenvalue weighted by molar-refractivity contribution is 6.00. The molecule has 0 atom stereocenters. The number of hydrogen-bond donors (Lipinski definition) is 3. The molecule has 1 fully saturated rings. The molecular weight excluding hydrogens is 459 g/mol. The summed E-state index contributed by atoms with van der Waals surface area (Å²) in [6.07, 6.45) is 11.4. The Morgan fingerprint density at radius 2 is 1.97 bits per heavy atom. The lowest BCUT2D eigenvalue weighted by Crippen LogP contribution is -2.38. The van der Waals surface area contributed by atoms with Gasteiger partial charge in [0.05, 0.1) is 5.52 Å². The molecule has 1 aromatic heterocycles. The number of carbonyl (C=O) groups excluding carboxylic acids is 2. The van der Waals surface area contributed by atoms with Gasteiger partial charge in [0.25, 0.3) is 5.91 Å². The van der Waals surface area contributed by atoms with Crippen molar-refractivity contribution in [3.63, 3.8) is 0 Å². The van der Waals surface area contributed by atoms with Crippen molar-refractivity contribution in [1.82, 2.24) is 19.8 Å². The van der Waals surface area contributed by atoms with Crippen molar-refractivity contribution in [1.29, 1.82) is 0 Å². The number of aromatic nitrogens is 1. The van der Waals surface area contributed by atoms with Gasteiger partial charge in [-0.1, -0.05) is 25.3 Å². The molecule has 0 spiro atoms. The van der Waals surface area contributed by atoms with Crippen LogP contribution in [-0.4, -0.2) is 65.3 Å². The van der Waals surface area contributed by atoms with Crippen LogP contribution in [0.3, 0.4) is 0 Å². The third-order valence-corrected chi connectivity index (χ3v) is 7.28. The zero-order valence-electron chi connectivity index (χ0n) is 21.2. The number of amides is 2. The highest BCUT2D eigenvalue weighted by Crippen LogP contribution is 2.40. The molecule has 0 saturated heterocycles. The Bertz CT molecular complexity index is 1180. The number of nitrogens with zero attached hydrogens (tertiary/aromatic N) is 3. The van der Waals surface area contributed by atoms with Crippen LogP contribution in [0.1, 0.15) is 72.5 Å². The van der Waals surface area contributed by atoms with Gasteiger partial charge in [0.2, 0.25) is 5.91 Å². The average Bonchev–Trinajstić information content (AvgIpc) is 3.34. The van der Waals surface area contributed by atoms with E-state index in [4.69, 9.17) is 11.6 Å². The number of rotatable bonds is 7. The van der Waals surface area contributed by atoms with Crippen molar-refractivity contribution >= 4 is 28.3 Å². The van der Waals surface area contributed by atoms with Gasteiger partial charge in [-0.2, -0.15) is 0 Å². The molecule has 5 N–H and O–H groups in total. The van der Waals surface area contributed by atoms with Crippen molar-refractivity contribution in [3.8, 4) is 0 Å². The van der Waals surface area contributed by atoms with Gasteiger partial charge >= 0.3 is 0 Å². The van der Waals surface area contributed by atoms with E-state index in [-0.39, 0.29) is 24.1 Å². The van der Waals surface area contributed by atoms with E-state index >= 15 is 4.39 Å². The van der Waals surface area contributed by atoms with Crippen LogP contribution < -0.4 is 11.6 Å². The molecule has 8 nitrogen and oxygen atoms in total. The van der Waals surface area contributed by atoms with Gasteiger partial charge in [0, 0.05) is 63.5 Å². The molecule has 0 radical (unpaired) electrons. The van der Waals surface area contributed by atoms with Crippen molar-refractivity contribution in [2.75, 3.05) is 33.7 Å². The van der Waals surface area contributed by atoms with Crippen LogP contribution >= 0.6 is 0 Å². The number of hydrogen-bond acceptors (Lipinski definition) is 5. The molecule has 1 saturated carbocycles. The van der Waals surface area contributed by atoms with Gasteiger partial charge in [-0.05, 0) is 48.4 Å². The largest absolute Gasteiger partial charge is 0.403 e. The third kappa shape index (κ3) is 5.41. The van der Waals surface area contributed by atoms with Gasteiger partial charge < -0.3 is 25.5 Å². The highest BCUT2D eigenvalue weighted by Gasteiger charge is 2.27. The lowest BCUT2D eigenvalue weighted by Gasteiger charge is -2.29. The second-order valence-electron chi connectivity index (χ2n) is 10.00. The van der Waals surface area contributed by atoms with Crippen LogP contribution in [0.2, 0.25) is 0 Å². The zero-order valence-corrected chi connectivity index (χ0v) is 21.2. The smallest absolute Gasteiger partial charge is 0.269 e. The summed E-state index contributed by atoms with van der Waals surface area (Å²) in [4.78, 5) is 31.8. The molecule has 2 aromatic rings. The van der Waals surface area contributed by atoms with Gasteiger partial charge in [0.15, 0.2) is 5.82 Å². The molecule has 9 heteroatoms. The number of fused-ring (bicyclic) bond motifs is 1. The van der Waals surface area contributed by atoms with E-state index in [0.29, 0.717) is 48.7 Å². The van der Waals surface area contributed by atoms with Crippen LogP contribution in [0.15, 0.2) is 30.6 Å². The van der Waals surface area contributed by atoms with Crippen molar-refractivity contribution in [2.24, 2.45) is 11.6 Å². The van der Waals surface area contributed by atoms with E-state index < -0.39 is 0 Å². The second-order valence-corrected chi connectivity index (χ2v) is 10.00. The first-order valence-corrected chi connectivity index (χ1v) is 12.7. The molecule has 0 unspecified atom stereocenters. The molecule has 36 heavy (non-hydrogen) atoms. The summed E-state index contributed by atoms with van der Waals surface area (Å²) in [6.45, 7) is 1.27. The van der Waals surface area contributed by atoms with Gasteiger partial charge in [-0.25, -0.2) is 10.2 Å². The van der Waals surface area contributed by atoms with Crippen LogP contribution in [0.5, 0.6) is 0 Å². The monoisotopic (exact) mass is 496 g/mol. The minimum atomic E-state index is -0.371. The lowest BCUT2D eigenvalue weighted by molar-refractivity contribution is -0.130. The molecule has 2 aliphatic rings. The summed E-state index contributed by atoms with van der Waals surface area (Å²) in [5.74, 6) is 5.52. The number of halogens is 1. The number of nitrogens with two attached hydrogens (primary N) is 2. The molecule has 194 valence electrons. The molecule has 1 aliphatic heterocycles. The first kappa shape index (κ1) is 25.8. The minimum absolute atomic E-state index is 0.0331. The maximum absolute atomic E-state index is 16.0. The fourth-order valence-electron chi connectivity index (χ4n) is 5.35. The Labute approximate surface area is 211 Å². The van der Waals surface area contributed by atoms with E-state index in [0.717, 1.165) is 42.2 Å². The van der Waals surface area contributed by atoms with Gasteiger partial charge in [-0.15, -0.1) is 0 Å². The van der Waals surface area contributed by atoms with Gasteiger partial charge in [-0.3, -0.25) is 9.59 Å². The number of H-pyrrole nitrogens is 1. The number of benzene rings is 1. The zero-order chi connectivity index (χ0) is 25.8. The van der Waals surface area contributed by atoms with Gasteiger partial charge in [0.1, 0.15) is 5.69 Å². The Kier molecular flexibility index (Phi) is 7.98. The Hall–Kier alpha value is -3.33. The number of carbonyl (C=O) groups is 2. The maximum atomic E-state index is 16.0. The first-order valence-electron chi connectivity index (χ1n) is 12.7.